The average molecular weight is 250 g/mol. The Morgan fingerprint density at radius 3 is 2.84 bits per heavy atom. The van der Waals surface area contributed by atoms with E-state index in [0.29, 0.717) is 0 Å². The maximum Gasteiger partial charge on any atom is 0.0454 e. The number of aromatic amines is 1. The van der Waals surface area contributed by atoms with Gasteiger partial charge in [-0.1, -0.05) is 31.2 Å². The van der Waals surface area contributed by atoms with Gasteiger partial charge in [-0.15, -0.1) is 0 Å². The number of benzene rings is 2. The third-order valence-electron chi connectivity index (χ3n) is 3.50. The highest BCUT2D eigenvalue weighted by Gasteiger charge is 2.00. The molecular weight excluding hydrogens is 232 g/mol. The molecule has 0 fully saturated rings. The Kier molecular flexibility index (Phi) is 3.23. The second-order valence-electron chi connectivity index (χ2n) is 4.76. The predicted octanol–water partition coefficient (Wildman–Crippen LogP) is 4.34. The van der Waals surface area contributed by atoms with Crippen molar-refractivity contribution in [3.63, 3.8) is 0 Å². The summed E-state index contributed by atoms with van der Waals surface area (Å²) in [7, 11) is 0. The normalized spacial score (nSPS) is 10.8. The second kappa shape index (κ2) is 5.19. The molecule has 2 N–H and O–H groups in total. The molecule has 0 spiro atoms. The highest BCUT2D eigenvalue weighted by Crippen LogP contribution is 2.18. The third kappa shape index (κ3) is 2.48. The minimum atomic E-state index is 0.859. The van der Waals surface area contributed by atoms with Crippen molar-refractivity contribution in [2.24, 2.45) is 0 Å². The molecule has 0 saturated heterocycles. The van der Waals surface area contributed by atoms with Gasteiger partial charge in [0.05, 0.1) is 0 Å². The van der Waals surface area contributed by atoms with E-state index >= 15 is 0 Å². The van der Waals surface area contributed by atoms with Gasteiger partial charge in [-0.05, 0) is 47.2 Å². The molecule has 0 radical (unpaired) electrons. The van der Waals surface area contributed by atoms with Gasteiger partial charge < -0.3 is 10.3 Å². The van der Waals surface area contributed by atoms with Gasteiger partial charge in [0.25, 0.3) is 0 Å². The minimum Gasteiger partial charge on any atom is -0.381 e. The van der Waals surface area contributed by atoms with Crippen molar-refractivity contribution >= 4 is 16.6 Å². The lowest BCUT2D eigenvalue weighted by molar-refractivity contribution is 1.09. The van der Waals surface area contributed by atoms with Crippen LogP contribution in [-0.4, -0.2) is 4.98 Å². The molecule has 1 aromatic heterocycles. The summed E-state index contributed by atoms with van der Waals surface area (Å²) < 4.78 is 0. The summed E-state index contributed by atoms with van der Waals surface area (Å²) in [6, 6.07) is 17.1. The Labute approximate surface area is 113 Å². The monoisotopic (exact) mass is 250 g/mol. The van der Waals surface area contributed by atoms with Crippen LogP contribution in [0.3, 0.4) is 0 Å². The first-order valence-corrected chi connectivity index (χ1v) is 6.74. The van der Waals surface area contributed by atoms with E-state index in [1.165, 1.54) is 27.7 Å². The van der Waals surface area contributed by atoms with Gasteiger partial charge in [0, 0.05) is 23.9 Å². The van der Waals surface area contributed by atoms with Crippen LogP contribution in [0.15, 0.2) is 54.7 Å². The van der Waals surface area contributed by atoms with Gasteiger partial charge >= 0.3 is 0 Å². The quantitative estimate of drug-likeness (QED) is 0.708. The number of nitrogens with one attached hydrogen (secondary N) is 2. The van der Waals surface area contributed by atoms with Crippen LogP contribution >= 0.6 is 0 Å². The van der Waals surface area contributed by atoms with E-state index in [1.54, 1.807) is 0 Å². The van der Waals surface area contributed by atoms with Crippen molar-refractivity contribution in [3.8, 4) is 0 Å². The summed E-state index contributed by atoms with van der Waals surface area (Å²) in [6.07, 6.45) is 3.04. The van der Waals surface area contributed by atoms with Crippen LogP contribution in [0.5, 0.6) is 0 Å². The van der Waals surface area contributed by atoms with Gasteiger partial charge in [0.2, 0.25) is 0 Å². The highest BCUT2D eigenvalue weighted by molar-refractivity contribution is 5.80. The molecule has 0 amide bonds. The number of rotatable bonds is 4. The maximum absolute atomic E-state index is 3.53. The van der Waals surface area contributed by atoms with E-state index in [0.717, 1.165) is 13.0 Å². The molecule has 2 nitrogen and oxygen atoms in total. The lowest BCUT2D eigenvalue weighted by atomic mass is 10.1. The van der Waals surface area contributed by atoms with Gasteiger partial charge in [-0.3, -0.25) is 0 Å². The lowest BCUT2D eigenvalue weighted by Gasteiger charge is -2.11. The average Bonchev–Trinajstić information content (AvgIpc) is 2.93. The molecule has 0 aliphatic carbocycles. The molecule has 0 atom stereocenters. The van der Waals surface area contributed by atoms with E-state index in [2.05, 4.69) is 65.8 Å². The number of para-hydroxylation sites is 1. The molecule has 3 rings (SSSR count). The first-order valence-electron chi connectivity index (χ1n) is 6.74. The fourth-order valence-corrected chi connectivity index (χ4v) is 2.41. The fourth-order valence-electron chi connectivity index (χ4n) is 2.41. The largest absolute Gasteiger partial charge is 0.381 e. The third-order valence-corrected chi connectivity index (χ3v) is 3.50. The number of aryl methyl sites for hydroxylation is 1. The molecule has 0 aliphatic rings. The standard InChI is InChI=1S/C17H18N2/c1-2-14-5-3-4-6-16(14)19-12-13-7-8-17-15(11-13)9-10-18-17/h3-11,18-19H,2,12H2,1H3. The number of H-pyrrole nitrogens is 1. The summed E-state index contributed by atoms with van der Waals surface area (Å²) in [5.74, 6) is 0. The van der Waals surface area contributed by atoms with Crippen LogP contribution in [-0.2, 0) is 13.0 Å². The van der Waals surface area contributed by atoms with E-state index in [9.17, 15) is 0 Å². The zero-order chi connectivity index (χ0) is 13.1. The fraction of sp³-hybridized carbons (Fsp3) is 0.176. The summed E-state index contributed by atoms with van der Waals surface area (Å²) in [5.41, 5.74) is 5.10. The summed E-state index contributed by atoms with van der Waals surface area (Å²) in [5, 5.41) is 4.79. The van der Waals surface area contributed by atoms with Crippen LogP contribution in [0.2, 0.25) is 0 Å². The molecule has 0 aliphatic heterocycles. The van der Waals surface area contributed by atoms with Crippen LogP contribution in [0, 0.1) is 0 Å². The van der Waals surface area contributed by atoms with Gasteiger partial charge in [-0.25, -0.2) is 0 Å². The number of hydrogen-bond acceptors (Lipinski definition) is 1. The van der Waals surface area contributed by atoms with Gasteiger partial charge in [0.1, 0.15) is 0 Å². The van der Waals surface area contributed by atoms with Crippen molar-refractivity contribution in [1.29, 1.82) is 0 Å². The molecule has 0 bridgehead atoms. The van der Waals surface area contributed by atoms with E-state index in [1.807, 2.05) is 6.20 Å². The zero-order valence-electron chi connectivity index (χ0n) is 11.1. The zero-order valence-corrected chi connectivity index (χ0v) is 11.1. The molecule has 96 valence electrons. The van der Waals surface area contributed by atoms with Crippen molar-refractivity contribution in [2.75, 3.05) is 5.32 Å². The summed E-state index contributed by atoms with van der Waals surface area (Å²) in [4.78, 5) is 3.22. The Morgan fingerprint density at radius 1 is 1.05 bits per heavy atom. The molecule has 1 heterocycles. The molecule has 2 aromatic carbocycles. The first-order chi connectivity index (χ1) is 9.36. The van der Waals surface area contributed by atoms with Gasteiger partial charge in [-0.2, -0.15) is 0 Å². The molecular formula is C17H18N2. The highest BCUT2D eigenvalue weighted by atomic mass is 14.9. The van der Waals surface area contributed by atoms with Crippen LogP contribution in [0.25, 0.3) is 10.9 Å². The lowest BCUT2D eigenvalue weighted by Crippen LogP contribution is -2.01. The van der Waals surface area contributed by atoms with Crippen LogP contribution in [0.4, 0.5) is 5.69 Å². The number of aromatic nitrogens is 1. The summed E-state index contributed by atoms with van der Waals surface area (Å²) in [6.45, 7) is 3.05. The smallest absolute Gasteiger partial charge is 0.0454 e. The Morgan fingerprint density at radius 2 is 1.95 bits per heavy atom. The van der Waals surface area contributed by atoms with Crippen LogP contribution < -0.4 is 5.32 Å². The Bertz CT molecular complexity index is 682. The van der Waals surface area contributed by atoms with Crippen molar-refractivity contribution in [3.05, 3.63) is 65.9 Å². The van der Waals surface area contributed by atoms with Crippen molar-refractivity contribution in [1.82, 2.24) is 4.98 Å². The topological polar surface area (TPSA) is 27.8 Å². The number of fused-ring (bicyclic) bond motifs is 1. The Balaban J connectivity index is 1.78. The summed E-state index contributed by atoms with van der Waals surface area (Å²) >= 11 is 0. The Hall–Kier alpha value is -2.22. The van der Waals surface area contributed by atoms with E-state index in [4.69, 9.17) is 0 Å². The number of anilines is 1. The molecule has 2 heteroatoms. The SMILES string of the molecule is CCc1ccccc1NCc1ccc2[nH]ccc2c1. The van der Waals surface area contributed by atoms with Crippen molar-refractivity contribution in [2.45, 2.75) is 19.9 Å². The van der Waals surface area contributed by atoms with Crippen molar-refractivity contribution < 1.29 is 0 Å². The van der Waals surface area contributed by atoms with E-state index < -0.39 is 0 Å². The van der Waals surface area contributed by atoms with E-state index in [-0.39, 0.29) is 0 Å². The molecule has 0 unspecified atom stereocenters. The number of hydrogen-bond donors (Lipinski definition) is 2. The maximum atomic E-state index is 3.53. The molecule has 0 saturated carbocycles. The molecule has 3 aromatic rings. The predicted molar refractivity (Wildman–Crippen MR) is 81.4 cm³/mol. The van der Waals surface area contributed by atoms with Crippen LogP contribution in [0.1, 0.15) is 18.1 Å². The van der Waals surface area contributed by atoms with Gasteiger partial charge in [0.15, 0.2) is 0 Å². The second-order valence-corrected chi connectivity index (χ2v) is 4.76. The minimum absolute atomic E-state index is 0.859. The first kappa shape index (κ1) is 11.8. The molecule has 19 heavy (non-hydrogen) atoms.